The standard InChI is InChI=1S/C22H24Cl2N4O3/c1-13-10-20(29)25-18-6-4-5-7-19(18)28(13)21(30)12-27(3)14(2)22(31)26-17-9-8-15(23)11-16(17)24/h4-9,11,13-14H,10,12H2,1-3H3,(H,25,29)(H,26,31)/t13-,14-/m1/s1. The van der Waals surface area contributed by atoms with Crippen LogP contribution in [0.15, 0.2) is 42.5 Å². The monoisotopic (exact) mass is 462 g/mol. The van der Waals surface area contributed by atoms with Crippen LogP contribution in [0.25, 0.3) is 0 Å². The minimum atomic E-state index is -0.604. The lowest BCUT2D eigenvalue weighted by Crippen LogP contribution is -2.48. The molecule has 0 saturated carbocycles. The van der Waals surface area contributed by atoms with Gasteiger partial charge in [-0.3, -0.25) is 19.3 Å². The molecule has 0 saturated heterocycles. The highest BCUT2D eigenvalue weighted by molar-refractivity contribution is 6.36. The van der Waals surface area contributed by atoms with Crippen molar-refractivity contribution in [2.45, 2.75) is 32.4 Å². The van der Waals surface area contributed by atoms with Crippen LogP contribution in [0.5, 0.6) is 0 Å². The van der Waals surface area contributed by atoms with Crippen LogP contribution in [-0.4, -0.2) is 48.3 Å². The molecule has 2 aromatic carbocycles. The number of carbonyl (C=O) groups excluding carboxylic acids is 3. The summed E-state index contributed by atoms with van der Waals surface area (Å²) >= 11 is 12.0. The van der Waals surface area contributed by atoms with E-state index in [0.29, 0.717) is 27.1 Å². The summed E-state index contributed by atoms with van der Waals surface area (Å²) in [6.45, 7) is 3.53. The van der Waals surface area contributed by atoms with Crippen molar-refractivity contribution in [1.82, 2.24) is 4.90 Å². The van der Waals surface area contributed by atoms with Crippen LogP contribution >= 0.6 is 23.2 Å². The van der Waals surface area contributed by atoms with Crippen molar-refractivity contribution in [3.8, 4) is 0 Å². The number of benzene rings is 2. The average molecular weight is 463 g/mol. The van der Waals surface area contributed by atoms with Gasteiger partial charge in [0.05, 0.1) is 34.7 Å². The van der Waals surface area contributed by atoms with Gasteiger partial charge in [0.15, 0.2) is 0 Å². The van der Waals surface area contributed by atoms with Gasteiger partial charge in [-0.25, -0.2) is 0 Å². The number of rotatable bonds is 5. The third-order valence-corrected chi connectivity index (χ3v) is 5.79. The summed E-state index contributed by atoms with van der Waals surface area (Å²) < 4.78 is 0. The lowest BCUT2D eigenvalue weighted by molar-refractivity contribution is -0.123. The van der Waals surface area contributed by atoms with E-state index in [1.807, 2.05) is 13.0 Å². The fraction of sp³-hybridized carbons (Fsp3) is 0.318. The third-order valence-electron chi connectivity index (χ3n) is 5.24. The predicted octanol–water partition coefficient (Wildman–Crippen LogP) is 4.02. The number of halogens is 2. The van der Waals surface area contributed by atoms with Gasteiger partial charge in [-0.15, -0.1) is 0 Å². The number of nitrogens with one attached hydrogen (secondary N) is 2. The maximum Gasteiger partial charge on any atom is 0.241 e. The van der Waals surface area contributed by atoms with Gasteiger partial charge in [0.25, 0.3) is 0 Å². The van der Waals surface area contributed by atoms with E-state index < -0.39 is 6.04 Å². The van der Waals surface area contributed by atoms with E-state index in [1.165, 1.54) is 0 Å². The van der Waals surface area contributed by atoms with Crippen LogP contribution < -0.4 is 15.5 Å². The molecule has 0 aliphatic carbocycles. The number of fused-ring (bicyclic) bond motifs is 1. The number of hydrogen-bond donors (Lipinski definition) is 2. The zero-order valence-corrected chi connectivity index (χ0v) is 19.0. The van der Waals surface area contributed by atoms with Crippen molar-refractivity contribution in [1.29, 1.82) is 0 Å². The van der Waals surface area contributed by atoms with Crippen LogP contribution in [0.4, 0.5) is 17.1 Å². The fourth-order valence-corrected chi connectivity index (χ4v) is 3.88. The zero-order chi connectivity index (χ0) is 22.7. The maximum atomic E-state index is 13.2. The first-order valence-electron chi connectivity index (χ1n) is 9.84. The van der Waals surface area contributed by atoms with Gasteiger partial charge < -0.3 is 15.5 Å². The molecule has 2 atom stereocenters. The van der Waals surface area contributed by atoms with Gasteiger partial charge in [0, 0.05) is 17.5 Å². The second kappa shape index (κ2) is 9.68. The highest BCUT2D eigenvalue weighted by atomic mass is 35.5. The molecule has 0 unspecified atom stereocenters. The molecular formula is C22H24Cl2N4O3. The van der Waals surface area contributed by atoms with Gasteiger partial charge in [0.2, 0.25) is 17.7 Å². The number of carbonyl (C=O) groups is 3. The van der Waals surface area contributed by atoms with Crippen molar-refractivity contribution in [2.75, 3.05) is 29.1 Å². The number of anilines is 3. The molecule has 164 valence electrons. The van der Waals surface area contributed by atoms with Crippen molar-refractivity contribution < 1.29 is 14.4 Å². The Hall–Kier alpha value is -2.61. The van der Waals surface area contributed by atoms with Crippen LogP contribution in [0.3, 0.4) is 0 Å². The van der Waals surface area contributed by atoms with Gasteiger partial charge in [0.1, 0.15) is 0 Å². The summed E-state index contributed by atoms with van der Waals surface area (Å²) in [5.74, 6) is -0.653. The van der Waals surface area contributed by atoms with Crippen LogP contribution in [0, 0.1) is 0 Å². The lowest BCUT2D eigenvalue weighted by Gasteiger charge is -2.31. The van der Waals surface area contributed by atoms with Crippen molar-refractivity contribution in [3.05, 3.63) is 52.5 Å². The molecule has 0 fully saturated rings. The third kappa shape index (κ3) is 5.36. The largest absolute Gasteiger partial charge is 0.324 e. The molecule has 1 heterocycles. The highest BCUT2D eigenvalue weighted by Crippen LogP contribution is 2.31. The highest BCUT2D eigenvalue weighted by Gasteiger charge is 2.31. The first-order valence-corrected chi connectivity index (χ1v) is 10.6. The van der Waals surface area contributed by atoms with Gasteiger partial charge >= 0.3 is 0 Å². The average Bonchev–Trinajstić information content (AvgIpc) is 2.83. The van der Waals surface area contributed by atoms with E-state index in [0.717, 1.165) is 0 Å². The summed E-state index contributed by atoms with van der Waals surface area (Å²) in [6.07, 6.45) is 0.190. The Morgan fingerprint density at radius 1 is 1.26 bits per heavy atom. The normalized spacial score (nSPS) is 16.9. The molecule has 2 N–H and O–H groups in total. The van der Waals surface area contributed by atoms with E-state index in [9.17, 15) is 14.4 Å². The quantitative estimate of drug-likeness (QED) is 0.702. The number of nitrogens with zero attached hydrogens (tertiary/aromatic N) is 2. The summed E-state index contributed by atoms with van der Waals surface area (Å²) in [4.78, 5) is 41.3. The number of likely N-dealkylation sites (N-methyl/N-ethyl adjacent to an activating group) is 1. The molecule has 1 aliphatic heterocycles. The molecule has 9 heteroatoms. The van der Waals surface area contributed by atoms with Crippen molar-refractivity contribution in [2.24, 2.45) is 0 Å². The molecule has 1 aliphatic rings. The van der Waals surface area contributed by atoms with Crippen LogP contribution in [0.1, 0.15) is 20.3 Å². The van der Waals surface area contributed by atoms with E-state index in [4.69, 9.17) is 23.2 Å². The Labute approximate surface area is 191 Å². The number of amides is 3. The Kier molecular flexibility index (Phi) is 7.20. The van der Waals surface area contributed by atoms with E-state index in [2.05, 4.69) is 10.6 Å². The van der Waals surface area contributed by atoms with Crippen molar-refractivity contribution in [3.63, 3.8) is 0 Å². The molecule has 0 spiro atoms. The molecule has 0 radical (unpaired) electrons. The number of para-hydroxylation sites is 2. The lowest BCUT2D eigenvalue weighted by atomic mass is 10.1. The SMILES string of the molecule is C[C@H](C(=O)Nc1ccc(Cl)cc1Cl)N(C)CC(=O)N1c2ccccc2NC(=O)C[C@H]1C. The molecule has 0 aromatic heterocycles. The van der Waals surface area contributed by atoms with E-state index in [-0.39, 0.29) is 36.7 Å². The Balaban J connectivity index is 1.71. The first kappa shape index (κ1) is 23.1. The predicted molar refractivity (Wildman–Crippen MR) is 124 cm³/mol. The molecule has 3 amide bonds. The Bertz CT molecular complexity index is 1010. The minimum Gasteiger partial charge on any atom is -0.324 e. The summed E-state index contributed by atoms with van der Waals surface area (Å²) in [7, 11) is 1.70. The van der Waals surface area contributed by atoms with E-state index >= 15 is 0 Å². The number of hydrogen-bond acceptors (Lipinski definition) is 4. The van der Waals surface area contributed by atoms with Crippen LogP contribution in [0.2, 0.25) is 10.0 Å². The van der Waals surface area contributed by atoms with Crippen molar-refractivity contribution >= 4 is 58.0 Å². The Morgan fingerprint density at radius 3 is 2.68 bits per heavy atom. The summed E-state index contributed by atoms with van der Waals surface area (Å²) in [5, 5.41) is 6.40. The summed E-state index contributed by atoms with van der Waals surface area (Å²) in [6, 6.07) is 11.1. The smallest absolute Gasteiger partial charge is 0.241 e. The van der Waals surface area contributed by atoms with E-state index in [1.54, 1.807) is 60.2 Å². The fourth-order valence-electron chi connectivity index (χ4n) is 3.42. The molecule has 7 nitrogen and oxygen atoms in total. The zero-order valence-electron chi connectivity index (χ0n) is 17.5. The van der Waals surface area contributed by atoms with Gasteiger partial charge in [-0.2, -0.15) is 0 Å². The molecular weight excluding hydrogens is 439 g/mol. The molecule has 3 rings (SSSR count). The second-order valence-corrected chi connectivity index (χ2v) is 8.43. The molecule has 0 bridgehead atoms. The Morgan fingerprint density at radius 2 is 1.97 bits per heavy atom. The second-order valence-electron chi connectivity index (χ2n) is 7.59. The molecule has 2 aromatic rings. The maximum absolute atomic E-state index is 13.2. The van der Waals surface area contributed by atoms with Gasteiger partial charge in [-0.05, 0) is 51.2 Å². The van der Waals surface area contributed by atoms with Gasteiger partial charge in [-0.1, -0.05) is 35.3 Å². The molecule has 31 heavy (non-hydrogen) atoms. The topological polar surface area (TPSA) is 81.8 Å². The first-order chi connectivity index (χ1) is 14.7. The van der Waals surface area contributed by atoms with Crippen LogP contribution in [-0.2, 0) is 14.4 Å². The summed E-state index contributed by atoms with van der Waals surface area (Å²) in [5.41, 5.74) is 1.68. The minimum absolute atomic E-state index is 0.00417.